The fraction of sp³-hybridized carbons (Fsp3) is 0.273. The fourth-order valence-corrected chi connectivity index (χ4v) is 3.38. The van der Waals surface area contributed by atoms with E-state index in [0.29, 0.717) is 31.6 Å². The third-order valence-corrected chi connectivity index (χ3v) is 4.85. The summed E-state index contributed by atoms with van der Waals surface area (Å²) in [6.45, 7) is 1.90. The molecule has 6 heteroatoms. The Morgan fingerprint density at radius 3 is 2.18 bits per heavy atom. The lowest BCUT2D eigenvalue weighted by atomic mass is 9.96. The van der Waals surface area contributed by atoms with E-state index in [0.717, 1.165) is 21.5 Å². The standard InChI is InChI=1S/C22H25N3O3/c1-25(13-6-11-20(26)24-28)14-12-23-22(27)21-18-9-4-2-7-16(18)15-17-8-3-5-10-19(17)21/h2-5,7-10,15,28H,6,11-14H2,1H3,(H,23,27)(H,24,26). The number of likely N-dealkylation sites (N-methyl/N-ethyl adjacent to an activating group) is 1. The summed E-state index contributed by atoms with van der Waals surface area (Å²) in [4.78, 5) is 26.1. The molecule has 0 radical (unpaired) electrons. The molecule has 0 atom stereocenters. The van der Waals surface area contributed by atoms with Crippen LogP contribution in [0.2, 0.25) is 0 Å². The molecule has 0 aromatic heterocycles. The molecule has 0 aliphatic rings. The molecule has 0 aliphatic carbocycles. The minimum atomic E-state index is -0.385. The predicted molar refractivity (Wildman–Crippen MR) is 110 cm³/mol. The van der Waals surface area contributed by atoms with Crippen LogP contribution in [0.25, 0.3) is 21.5 Å². The molecule has 3 rings (SSSR count). The van der Waals surface area contributed by atoms with Crippen LogP contribution in [-0.4, -0.2) is 48.6 Å². The average Bonchev–Trinajstić information content (AvgIpc) is 2.71. The van der Waals surface area contributed by atoms with E-state index < -0.39 is 0 Å². The molecule has 146 valence electrons. The third-order valence-electron chi connectivity index (χ3n) is 4.85. The van der Waals surface area contributed by atoms with E-state index in [1.165, 1.54) is 0 Å². The molecule has 28 heavy (non-hydrogen) atoms. The summed E-state index contributed by atoms with van der Waals surface area (Å²) in [5.41, 5.74) is 2.33. The van der Waals surface area contributed by atoms with Crippen LogP contribution in [0, 0.1) is 0 Å². The summed E-state index contributed by atoms with van der Waals surface area (Å²) in [6.07, 6.45) is 0.917. The van der Waals surface area contributed by atoms with Crippen LogP contribution in [0.5, 0.6) is 0 Å². The molecular formula is C22H25N3O3. The molecule has 0 aliphatic heterocycles. The lowest BCUT2D eigenvalue weighted by molar-refractivity contribution is -0.129. The summed E-state index contributed by atoms with van der Waals surface area (Å²) >= 11 is 0. The van der Waals surface area contributed by atoms with E-state index in [-0.39, 0.29) is 18.2 Å². The van der Waals surface area contributed by atoms with E-state index in [1.807, 2.05) is 60.5 Å². The number of fused-ring (bicyclic) bond motifs is 2. The summed E-state index contributed by atoms with van der Waals surface area (Å²) in [6, 6.07) is 18.0. The van der Waals surface area contributed by atoms with Gasteiger partial charge in [-0.25, -0.2) is 5.48 Å². The van der Waals surface area contributed by atoms with Gasteiger partial charge in [-0.1, -0.05) is 48.5 Å². The van der Waals surface area contributed by atoms with Gasteiger partial charge in [-0.15, -0.1) is 0 Å². The molecule has 0 bridgehead atoms. The molecule has 2 amide bonds. The fourth-order valence-electron chi connectivity index (χ4n) is 3.38. The highest BCUT2D eigenvalue weighted by Crippen LogP contribution is 2.28. The van der Waals surface area contributed by atoms with Crippen molar-refractivity contribution >= 4 is 33.4 Å². The van der Waals surface area contributed by atoms with Crippen LogP contribution in [0.1, 0.15) is 23.2 Å². The Balaban J connectivity index is 1.67. The number of nitrogens with one attached hydrogen (secondary N) is 2. The topological polar surface area (TPSA) is 81.7 Å². The number of amides is 2. The Bertz CT molecular complexity index is 933. The molecule has 0 fully saturated rings. The van der Waals surface area contributed by atoms with E-state index >= 15 is 0 Å². The van der Waals surface area contributed by atoms with Gasteiger partial charge in [-0.2, -0.15) is 0 Å². The number of carbonyl (C=O) groups excluding carboxylic acids is 2. The maximum Gasteiger partial charge on any atom is 0.252 e. The van der Waals surface area contributed by atoms with Gasteiger partial charge in [0, 0.05) is 19.5 Å². The molecular weight excluding hydrogens is 354 g/mol. The monoisotopic (exact) mass is 379 g/mol. The summed E-state index contributed by atoms with van der Waals surface area (Å²) in [5, 5.41) is 15.5. The molecule has 0 saturated carbocycles. The highest BCUT2D eigenvalue weighted by Gasteiger charge is 2.14. The Hall–Kier alpha value is -2.96. The first-order chi connectivity index (χ1) is 13.6. The number of hydroxylamine groups is 1. The molecule has 0 heterocycles. The predicted octanol–water partition coefficient (Wildman–Crippen LogP) is 2.94. The third kappa shape index (κ3) is 4.65. The van der Waals surface area contributed by atoms with Gasteiger partial charge in [0.2, 0.25) is 5.91 Å². The Labute approximate surface area is 164 Å². The van der Waals surface area contributed by atoms with Gasteiger partial charge in [0.1, 0.15) is 0 Å². The van der Waals surface area contributed by atoms with Crippen molar-refractivity contribution in [3.05, 3.63) is 60.2 Å². The number of hydrogen-bond donors (Lipinski definition) is 3. The highest BCUT2D eigenvalue weighted by atomic mass is 16.5. The van der Waals surface area contributed by atoms with Crippen LogP contribution in [0.4, 0.5) is 0 Å². The van der Waals surface area contributed by atoms with Gasteiger partial charge in [0.15, 0.2) is 0 Å². The Morgan fingerprint density at radius 1 is 0.964 bits per heavy atom. The largest absolute Gasteiger partial charge is 0.351 e. The van der Waals surface area contributed by atoms with E-state index in [1.54, 1.807) is 5.48 Å². The van der Waals surface area contributed by atoms with Crippen molar-refractivity contribution in [2.75, 3.05) is 26.7 Å². The second kappa shape index (κ2) is 9.30. The van der Waals surface area contributed by atoms with Gasteiger partial charge in [0.25, 0.3) is 5.91 Å². The van der Waals surface area contributed by atoms with Gasteiger partial charge >= 0.3 is 0 Å². The van der Waals surface area contributed by atoms with E-state index in [2.05, 4.69) is 11.4 Å². The highest BCUT2D eigenvalue weighted by molar-refractivity contribution is 6.18. The Kier molecular flexibility index (Phi) is 6.57. The van der Waals surface area contributed by atoms with Crippen molar-refractivity contribution in [3.8, 4) is 0 Å². The summed E-state index contributed by atoms with van der Waals surface area (Å²) < 4.78 is 0. The number of hydrogen-bond acceptors (Lipinski definition) is 4. The number of benzene rings is 3. The average molecular weight is 379 g/mol. The van der Waals surface area contributed by atoms with Gasteiger partial charge in [-0.3, -0.25) is 14.8 Å². The quantitative estimate of drug-likeness (QED) is 0.319. The molecule has 3 N–H and O–H groups in total. The normalized spacial score (nSPS) is 11.1. The van der Waals surface area contributed by atoms with Crippen LogP contribution in [0.15, 0.2) is 54.6 Å². The van der Waals surface area contributed by atoms with Crippen LogP contribution >= 0.6 is 0 Å². The van der Waals surface area contributed by atoms with Crippen LogP contribution in [0.3, 0.4) is 0 Å². The van der Waals surface area contributed by atoms with Crippen molar-refractivity contribution in [1.82, 2.24) is 15.7 Å². The van der Waals surface area contributed by atoms with Crippen molar-refractivity contribution in [1.29, 1.82) is 0 Å². The first kappa shape index (κ1) is 19.8. The lowest BCUT2D eigenvalue weighted by Crippen LogP contribution is -2.34. The molecule has 3 aromatic rings. The first-order valence-corrected chi connectivity index (χ1v) is 9.40. The molecule has 0 unspecified atom stereocenters. The molecule has 0 saturated heterocycles. The van der Waals surface area contributed by atoms with E-state index in [9.17, 15) is 9.59 Å². The lowest BCUT2D eigenvalue weighted by Gasteiger charge is -2.17. The first-order valence-electron chi connectivity index (χ1n) is 9.40. The number of nitrogens with zero attached hydrogens (tertiary/aromatic N) is 1. The second-order valence-corrected chi connectivity index (χ2v) is 6.89. The summed E-state index contributed by atoms with van der Waals surface area (Å²) in [5.74, 6) is -0.467. The maximum absolute atomic E-state index is 13.0. The van der Waals surface area contributed by atoms with Crippen molar-refractivity contribution in [2.45, 2.75) is 12.8 Å². The van der Waals surface area contributed by atoms with E-state index in [4.69, 9.17) is 5.21 Å². The van der Waals surface area contributed by atoms with Crippen LogP contribution in [-0.2, 0) is 4.79 Å². The van der Waals surface area contributed by atoms with Gasteiger partial charge in [0.05, 0.1) is 5.56 Å². The SMILES string of the molecule is CN(CCCC(=O)NO)CCNC(=O)c1c2ccccc2cc2ccccc12. The minimum absolute atomic E-state index is 0.0824. The Morgan fingerprint density at radius 2 is 1.57 bits per heavy atom. The van der Waals surface area contributed by atoms with Crippen molar-refractivity contribution < 1.29 is 14.8 Å². The molecule has 6 nitrogen and oxygen atoms in total. The zero-order valence-electron chi connectivity index (χ0n) is 15.9. The van der Waals surface area contributed by atoms with Crippen LogP contribution < -0.4 is 10.8 Å². The molecule has 0 spiro atoms. The molecule has 3 aromatic carbocycles. The summed E-state index contributed by atoms with van der Waals surface area (Å²) in [7, 11) is 1.94. The second-order valence-electron chi connectivity index (χ2n) is 6.89. The number of carbonyl (C=O) groups is 2. The maximum atomic E-state index is 13.0. The smallest absolute Gasteiger partial charge is 0.252 e. The zero-order valence-corrected chi connectivity index (χ0v) is 15.9. The zero-order chi connectivity index (χ0) is 19.9. The van der Waals surface area contributed by atoms with Crippen molar-refractivity contribution in [2.24, 2.45) is 0 Å². The minimum Gasteiger partial charge on any atom is -0.351 e. The number of rotatable bonds is 8. The van der Waals surface area contributed by atoms with Gasteiger partial charge in [-0.05, 0) is 47.6 Å². The van der Waals surface area contributed by atoms with Gasteiger partial charge < -0.3 is 10.2 Å². The van der Waals surface area contributed by atoms with Crippen molar-refractivity contribution in [3.63, 3.8) is 0 Å².